The number of esters is 1. The van der Waals surface area contributed by atoms with E-state index >= 15 is 0 Å². The van der Waals surface area contributed by atoms with Crippen molar-refractivity contribution in [3.8, 4) is 0 Å². The smallest absolute Gasteiger partial charge is 0.330 e. The number of hydrogen-bond donors (Lipinski definition) is 0. The average Bonchev–Trinajstić information content (AvgIpc) is 2.44. The maximum Gasteiger partial charge on any atom is 0.330 e. The van der Waals surface area contributed by atoms with Gasteiger partial charge in [0.1, 0.15) is 12.7 Å². The van der Waals surface area contributed by atoms with E-state index in [0.29, 0.717) is 0 Å². The van der Waals surface area contributed by atoms with E-state index < -0.39 is 17.9 Å². The molecule has 0 aliphatic heterocycles. The number of ether oxygens (including phenoxy) is 4. The fourth-order valence-corrected chi connectivity index (χ4v) is 1.95. The standard InChI is InChI=1S/C14H20O5/c1-5-13(15)19-10-9-18-12-8-6-7-11(2)14(12,16-3)17-4/h5-8,12H,1,9-10H2,2-4H3. The summed E-state index contributed by atoms with van der Waals surface area (Å²) in [6, 6.07) is 0. The molecule has 0 amide bonds. The predicted molar refractivity (Wildman–Crippen MR) is 70.5 cm³/mol. The van der Waals surface area contributed by atoms with Gasteiger partial charge in [0.2, 0.25) is 5.79 Å². The number of rotatable bonds is 7. The number of methoxy groups -OCH3 is 2. The summed E-state index contributed by atoms with van der Waals surface area (Å²) in [5.74, 6) is -1.40. The zero-order valence-electron chi connectivity index (χ0n) is 11.5. The fraction of sp³-hybridized carbons (Fsp3) is 0.500. The van der Waals surface area contributed by atoms with Crippen LogP contribution in [0.2, 0.25) is 0 Å². The van der Waals surface area contributed by atoms with Crippen LogP contribution in [0.1, 0.15) is 6.92 Å². The zero-order chi connectivity index (χ0) is 14.3. The molecule has 0 aromatic heterocycles. The second kappa shape index (κ2) is 7.23. The summed E-state index contributed by atoms with van der Waals surface area (Å²) in [5, 5.41) is 0. The molecule has 0 radical (unpaired) electrons. The van der Waals surface area contributed by atoms with Gasteiger partial charge >= 0.3 is 5.97 Å². The first-order valence-corrected chi connectivity index (χ1v) is 5.97. The van der Waals surface area contributed by atoms with Gasteiger partial charge in [0.05, 0.1) is 6.61 Å². The van der Waals surface area contributed by atoms with Crippen molar-refractivity contribution in [3.63, 3.8) is 0 Å². The monoisotopic (exact) mass is 268 g/mol. The lowest BCUT2D eigenvalue weighted by Crippen LogP contribution is -2.49. The summed E-state index contributed by atoms with van der Waals surface area (Å²) < 4.78 is 21.4. The highest BCUT2D eigenvalue weighted by Crippen LogP contribution is 2.31. The van der Waals surface area contributed by atoms with Crippen LogP contribution < -0.4 is 0 Å². The van der Waals surface area contributed by atoms with Crippen molar-refractivity contribution in [2.45, 2.75) is 18.8 Å². The molecule has 1 rings (SSSR count). The highest BCUT2D eigenvalue weighted by Gasteiger charge is 2.42. The maximum atomic E-state index is 10.9. The highest BCUT2D eigenvalue weighted by molar-refractivity contribution is 5.81. The van der Waals surface area contributed by atoms with E-state index in [4.69, 9.17) is 18.9 Å². The summed E-state index contributed by atoms with van der Waals surface area (Å²) in [4.78, 5) is 10.9. The van der Waals surface area contributed by atoms with Gasteiger partial charge in [0.15, 0.2) is 0 Å². The van der Waals surface area contributed by atoms with Gasteiger partial charge in [-0.15, -0.1) is 0 Å². The Labute approximate surface area is 113 Å². The van der Waals surface area contributed by atoms with E-state index in [-0.39, 0.29) is 13.2 Å². The summed E-state index contributed by atoms with van der Waals surface area (Å²) in [6.45, 7) is 5.62. The molecule has 0 fully saturated rings. The first-order valence-electron chi connectivity index (χ1n) is 5.97. The van der Waals surface area contributed by atoms with E-state index in [2.05, 4.69) is 6.58 Å². The fourth-order valence-electron chi connectivity index (χ4n) is 1.95. The number of carbonyl (C=O) groups excluding carboxylic acids is 1. The quantitative estimate of drug-likeness (QED) is 0.304. The van der Waals surface area contributed by atoms with Gasteiger partial charge < -0.3 is 18.9 Å². The van der Waals surface area contributed by atoms with Crippen molar-refractivity contribution in [1.29, 1.82) is 0 Å². The third kappa shape index (κ3) is 3.53. The molecular formula is C14H20O5. The van der Waals surface area contributed by atoms with Crippen LogP contribution in [0.25, 0.3) is 0 Å². The van der Waals surface area contributed by atoms with E-state index in [1.807, 2.05) is 25.2 Å². The molecule has 106 valence electrons. The number of carbonyl (C=O) groups is 1. The van der Waals surface area contributed by atoms with Crippen LogP contribution in [0.15, 0.2) is 36.5 Å². The minimum absolute atomic E-state index is 0.154. The first-order chi connectivity index (χ1) is 9.10. The van der Waals surface area contributed by atoms with Crippen molar-refractivity contribution in [3.05, 3.63) is 36.5 Å². The molecule has 1 atom stereocenters. The minimum Gasteiger partial charge on any atom is -0.460 e. The van der Waals surface area contributed by atoms with Crippen molar-refractivity contribution >= 4 is 5.97 Å². The topological polar surface area (TPSA) is 54.0 Å². The molecule has 5 nitrogen and oxygen atoms in total. The van der Waals surface area contributed by atoms with Gasteiger partial charge in [-0.05, 0) is 12.5 Å². The molecule has 1 unspecified atom stereocenters. The van der Waals surface area contributed by atoms with Gasteiger partial charge in [-0.1, -0.05) is 24.8 Å². The van der Waals surface area contributed by atoms with E-state index in [1.165, 1.54) is 0 Å². The predicted octanol–water partition coefficient (Wildman–Crippen LogP) is 1.61. The molecule has 19 heavy (non-hydrogen) atoms. The molecule has 0 saturated carbocycles. The molecule has 5 heteroatoms. The normalized spacial score (nSPS) is 20.8. The molecular weight excluding hydrogens is 248 g/mol. The largest absolute Gasteiger partial charge is 0.460 e. The first kappa shape index (κ1) is 15.6. The Morgan fingerprint density at radius 2 is 2.11 bits per heavy atom. The second-order valence-electron chi connectivity index (χ2n) is 3.97. The third-order valence-corrected chi connectivity index (χ3v) is 2.95. The summed E-state index contributed by atoms with van der Waals surface area (Å²) in [5.41, 5.74) is 0.910. The van der Waals surface area contributed by atoms with Gasteiger partial charge in [0.25, 0.3) is 0 Å². The van der Waals surface area contributed by atoms with Crippen molar-refractivity contribution in [1.82, 2.24) is 0 Å². The Balaban J connectivity index is 2.56. The van der Waals surface area contributed by atoms with Crippen LogP contribution in [0.5, 0.6) is 0 Å². The number of hydrogen-bond acceptors (Lipinski definition) is 5. The van der Waals surface area contributed by atoms with Crippen LogP contribution >= 0.6 is 0 Å². The lowest BCUT2D eigenvalue weighted by Gasteiger charge is -2.38. The molecule has 0 heterocycles. The van der Waals surface area contributed by atoms with Crippen LogP contribution in [0, 0.1) is 0 Å². The maximum absolute atomic E-state index is 10.9. The Hall–Kier alpha value is -1.43. The Bertz CT molecular complexity index is 379. The van der Waals surface area contributed by atoms with Gasteiger partial charge in [-0.25, -0.2) is 4.79 Å². The molecule has 0 bridgehead atoms. The van der Waals surface area contributed by atoms with E-state index in [0.717, 1.165) is 11.6 Å². The lowest BCUT2D eigenvalue weighted by molar-refractivity contribution is -0.234. The molecule has 1 aliphatic carbocycles. The molecule has 0 N–H and O–H groups in total. The zero-order valence-corrected chi connectivity index (χ0v) is 11.5. The minimum atomic E-state index is -0.933. The second-order valence-corrected chi connectivity index (χ2v) is 3.97. The third-order valence-electron chi connectivity index (χ3n) is 2.95. The van der Waals surface area contributed by atoms with Crippen molar-refractivity contribution in [2.75, 3.05) is 27.4 Å². The highest BCUT2D eigenvalue weighted by atomic mass is 16.7. The average molecular weight is 268 g/mol. The van der Waals surface area contributed by atoms with Gasteiger partial charge in [0, 0.05) is 20.3 Å². The molecule has 0 spiro atoms. The SMILES string of the molecule is C=CC(=O)OCCOC1C=CC=C(C)C1(OC)OC. The van der Waals surface area contributed by atoms with Gasteiger partial charge in [-0.2, -0.15) is 0 Å². The lowest BCUT2D eigenvalue weighted by atomic mass is 9.96. The van der Waals surface area contributed by atoms with Crippen LogP contribution in [0.4, 0.5) is 0 Å². The van der Waals surface area contributed by atoms with Crippen LogP contribution in [-0.2, 0) is 23.7 Å². The van der Waals surface area contributed by atoms with Crippen LogP contribution in [-0.4, -0.2) is 45.3 Å². The van der Waals surface area contributed by atoms with E-state index in [1.54, 1.807) is 14.2 Å². The molecule has 0 aromatic carbocycles. The van der Waals surface area contributed by atoms with Crippen molar-refractivity contribution < 1.29 is 23.7 Å². The molecule has 0 saturated heterocycles. The Morgan fingerprint density at radius 3 is 2.68 bits per heavy atom. The Kier molecular flexibility index (Phi) is 5.95. The van der Waals surface area contributed by atoms with Crippen molar-refractivity contribution in [2.24, 2.45) is 0 Å². The molecule has 0 aromatic rings. The summed E-state index contributed by atoms with van der Waals surface area (Å²) in [7, 11) is 3.13. The van der Waals surface area contributed by atoms with Crippen LogP contribution in [0.3, 0.4) is 0 Å². The molecule has 1 aliphatic rings. The summed E-state index contributed by atoms with van der Waals surface area (Å²) in [6.07, 6.45) is 6.35. The van der Waals surface area contributed by atoms with Gasteiger partial charge in [-0.3, -0.25) is 0 Å². The number of allylic oxidation sites excluding steroid dienone is 2. The van der Waals surface area contributed by atoms with E-state index in [9.17, 15) is 4.79 Å². The Morgan fingerprint density at radius 1 is 1.42 bits per heavy atom. The summed E-state index contributed by atoms with van der Waals surface area (Å²) >= 11 is 0.